The molecule has 1 rings (SSSR count). The van der Waals surface area contributed by atoms with Crippen molar-refractivity contribution in [3.63, 3.8) is 0 Å². The third kappa shape index (κ3) is 3.38. The first-order valence-corrected chi connectivity index (χ1v) is 5.15. The quantitative estimate of drug-likeness (QED) is 0.444. The zero-order chi connectivity index (χ0) is 12.2. The molecule has 0 amide bonds. The van der Waals surface area contributed by atoms with E-state index in [0.29, 0.717) is 12.2 Å². The summed E-state index contributed by atoms with van der Waals surface area (Å²) in [4.78, 5) is 0. The van der Waals surface area contributed by atoms with Crippen LogP contribution >= 0.6 is 12.6 Å². The number of anilines is 1. The fraction of sp³-hybridized carbons (Fsp3) is 0.273. The van der Waals surface area contributed by atoms with Crippen molar-refractivity contribution in [2.75, 3.05) is 11.5 Å². The molecule has 16 heavy (non-hydrogen) atoms. The average Bonchev–Trinajstić information content (AvgIpc) is 2.16. The predicted octanol–water partition coefficient (Wildman–Crippen LogP) is 2.96. The molecule has 0 radical (unpaired) electrons. The number of thiol groups is 1. The van der Waals surface area contributed by atoms with Gasteiger partial charge in [-0.3, -0.25) is 0 Å². The van der Waals surface area contributed by atoms with E-state index in [9.17, 15) is 13.2 Å². The Morgan fingerprint density at radius 2 is 2.00 bits per heavy atom. The smallest absolute Gasteiger partial charge is 0.399 e. The number of hydrogen-bond acceptors (Lipinski definition) is 2. The number of alkyl halides is 3. The Kier molecular flexibility index (Phi) is 4.13. The summed E-state index contributed by atoms with van der Waals surface area (Å²) in [7, 11) is 0. The first-order chi connectivity index (χ1) is 7.45. The van der Waals surface area contributed by atoms with Gasteiger partial charge < -0.3 is 5.73 Å². The minimum Gasteiger partial charge on any atom is -0.399 e. The first-order valence-electron chi connectivity index (χ1n) is 4.51. The minimum atomic E-state index is -4.40. The lowest BCUT2D eigenvalue weighted by atomic mass is 10.1. The van der Waals surface area contributed by atoms with Gasteiger partial charge in [-0.1, -0.05) is 11.8 Å². The van der Waals surface area contributed by atoms with E-state index >= 15 is 0 Å². The van der Waals surface area contributed by atoms with Crippen LogP contribution in [0.1, 0.15) is 17.5 Å². The maximum Gasteiger partial charge on any atom is 0.417 e. The fourth-order valence-corrected chi connectivity index (χ4v) is 1.24. The van der Waals surface area contributed by atoms with Gasteiger partial charge in [0.2, 0.25) is 0 Å². The zero-order valence-electron chi connectivity index (χ0n) is 8.30. The molecule has 0 saturated carbocycles. The van der Waals surface area contributed by atoms with Crippen molar-refractivity contribution in [2.24, 2.45) is 0 Å². The van der Waals surface area contributed by atoms with Crippen molar-refractivity contribution in [3.8, 4) is 11.8 Å². The molecule has 0 spiro atoms. The van der Waals surface area contributed by atoms with Crippen LogP contribution in [0.5, 0.6) is 0 Å². The Labute approximate surface area is 97.2 Å². The summed E-state index contributed by atoms with van der Waals surface area (Å²) in [6.07, 6.45) is -3.96. The van der Waals surface area contributed by atoms with Crippen molar-refractivity contribution in [1.29, 1.82) is 0 Å². The molecular weight excluding hydrogens is 235 g/mol. The Bertz CT molecular complexity index is 429. The second-order valence-electron chi connectivity index (χ2n) is 3.08. The van der Waals surface area contributed by atoms with Crippen LogP contribution in [-0.4, -0.2) is 5.75 Å². The summed E-state index contributed by atoms with van der Waals surface area (Å²) in [5.74, 6) is 5.58. The third-order valence-electron chi connectivity index (χ3n) is 1.81. The fourth-order valence-electron chi connectivity index (χ4n) is 1.13. The molecule has 0 aliphatic heterocycles. The topological polar surface area (TPSA) is 26.0 Å². The highest BCUT2D eigenvalue weighted by Gasteiger charge is 2.32. The van der Waals surface area contributed by atoms with Crippen molar-refractivity contribution in [1.82, 2.24) is 0 Å². The van der Waals surface area contributed by atoms with E-state index in [1.165, 1.54) is 12.1 Å². The molecule has 1 nitrogen and oxygen atoms in total. The van der Waals surface area contributed by atoms with Gasteiger partial charge in [-0.25, -0.2) is 0 Å². The van der Waals surface area contributed by atoms with Crippen LogP contribution in [0.4, 0.5) is 18.9 Å². The van der Waals surface area contributed by atoms with Gasteiger partial charge in [-0.15, -0.1) is 0 Å². The number of hydrogen-bond donors (Lipinski definition) is 2. The molecule has 0 unspecified atom stereocenters. The van der Waals surface area contributed by atoms with E-state index in [0.717, 1.165) is 6.07 Å². The normalized spacial score (nSPS) is 10.8. The zero-order valence-corrected chi connectivity index (χ0v) is 9.20. The molecule has 86 valence electrons. The number of nitrogen functional groups attached to an aromatic ring is 1. The summed E-state index contributed by atoms with van der Waals surface area (Å²) < 4.78 is 37.7. The minimum absolute atomic E-state index is 0.0886. The molecule has 1 aromatic carbocycles. The highest BCUT2D eigenvalue weighted by Crippen LogP contribution is 2.32. The van der Waals surface area contributed by atoms with Crippen LogP contribution in [0.15, 0.2) is 18.2 Å². The molecule has 0 saturated heterocycles. The molecule has 1 aromatic rings. The van der Waals surface area contributed by atoms with Crippen molar-refractivity contribution in [3.05, 3.63) is 29.3 Å². The average molecular weight is 245 g/mol. The maximum absolute atomic E-state index is 12.6. The second kappa shape index (κ2) is 5.17. The van der Waals surface area contributed by atoms with Gasteiger partial charge in [-0.2, -0.15) is 25.8 Å². The van der Waals surface area contributed by atoms with Crippen LogP contribution in [0.2, 0.25) is 0 Å². The molecule has 0 aliphatic carbocycles. The van der Waals surface area contributed by atoms with Gasteiger partial charge in [0.25, 0.3) is 0 Å². The van der Waals surface area contributed by atoms with Crippen LogP contribution < -0.4 is 5.73 Å². The summed E-state index contributed by atoms with van der Waals surface area (Å²) in [5.41, 5.74) is 4.85. The Morgan fingerprint density at radius 3 is 2.56 bits per heavy atom. The molecule has 0 bridgehead atoms. The SMILES string of the molecule is Nc1ccc(C(F)(F)F)c(C#CCCS)c1. The molecule has 0 aliphatic rings. The number of nitrogens with two attached hydrogens (primary N) is 1. The number of benzene rings is 1. The van der Waals surface area contributed by atoms with Crippen molar-refractivity contribution >= 4 is 18.3 Å². The second-order valence-corrected chi connectivity index (χ2v) is 3.53. The monoisotopic (exact) mass is 245 g/mol. The third-order valence-corrected chi connectivity index (χ3v) is 2.03. The van der Waals surface area contributed by atoms with E-state index in [4.69, 9.17) is 5.73 Å². The van der Waals surface area contributed by atoms with E-state index in [1.54, 1.807) is 0 Å². The molecule has 2 N–H and O–H groups in total. The Balaban J connectivity index is 3.15. The first kappa shape index (κ1) is 12.8. The summed E-state index contributed by atoms with van der Waals surface area (Å²) in [6, 6.07) is 3.39. The van der Waals surface area contributed by atoms with Gasteiger partial charge in [0.05, 0.1) is 5.56 Å². The highest BCUT2D eigenvalue weighted by molar-refractivity contribution is 7.80. The van der Waals surface area contributed by atoms with E-state index in [2.05, 4.69) is 24.5 Å². The van der Waals surface area contributed by atoms with Gasteiger partial charge in [0.1, 0.15) is 0 Å². The molecule has 0 fully saturated rings. The molecule has 0 atom stereocenters. The Morgan fingerprint density at radius 1 is 1.31 bits per heavy atom. The van der Waals surface area contributed by atoms with Crippen molar-refractivity contribution < 1.29 is 13.2 Å². The lowest BCUT2D eigenvalue weighted by Gasteiger charge is -2.09. The van der Waals surface area contributed by atoms with Crippen LogP contribution in [0, 0.1) is 11.8 Å². The van der Waals surface area contributed by atoms with Gasteiger partial charge in [-0.05, 0) is 18.2 Å². The Hall–Kier alpha value is -1.28. The van der Waals surface area contributed by atoms with Crippen LogP contribution in [0.3, 0.4) is 0 Å². The maximum atomic E-state index is 12.6. The largest absolute Gasteiger partial charge is 0.417 e. The molecule has 0 aromatic heterocycles. The number of halogens is 3. The summed E-state index contributed by atoms with van der Waals surface area (Å²) in [6.45, 7) is 0. The number of rotatable bonds is 1. The highest BCUT2D eigenvalue weighted by atomic mass is 32.1. The van der Waals surface area contributed by atoms with Crippen LogP contribution in [0.25, 0.3) is 0 Å². The van der Waals surface area contributed by atoms with Gasteiger partial charge >= 0.3 is 6.18 Å². The standard InChI is InChI=1S/C11H10F3NS/c12-11(13,14)10-5-4-9(15)7-8(10)3-1-2-6-16/h4-5,7,16H,2,6,15H2. The van der Waals surface area contributed by atoms with Gasteiger partial charge in [0.15, 0.2) is 0 Å². The lowest BCUT2D eigenvalue weighted by molar-refractivity contribution is -0.137. The lowest BCUT2D eigenvalue weighted by Crippen LogP contribution is -2.08. The molecular formula is C11H10F3NS. The van der Waals surface area contributed by atoms with E-state index < -0.39 is 11.7 Å². The van der Waals surface area contributed by atoms with Crippen LogP contribution in [-0.2, 0) is 6.18 Å². The van der Waals surface area contributed by atoms with E-state index in [-0.39, 0.29) is 11.3 Å². The van der Waals surface area contributed by atoms with E-state index in [1.807, 2.05) is 0 Å². The van der Waals surface area contributed by atoms with Crippen molar-refractivity contribution in [2.45, 2.75) is 12.6 Å². The summed E-state index contributed by atoms with van der Waals surface area (Å²) in [5, 5.41) is 0. The predicted molar refractivity (Wildman–Crippen MR) is 61.2 cm³/mol. The molecule has 0 heterocycles. The molecule has 5 heteroatoms. The van der Waals surface area contributed by atoms with Gasteiger partial charge in [0, 0.05) is 23.4 Å². The summed E-state index contributed by atoms with van der Waals surface area (Å²) >= 11 is 3.92.